The molecule has 0 atom stereocenters. The topological polar surface area (TPSA) is 53.1 Å². The molecule has 6 nitrogen and oxygen atoms in total. The quantitative estimate of drug-likeness (QED) is 0.843. The Morgan fingerprint density at radius 3 is 2.52 bits per heavy atom. The summed E-state index contributed by atoms with van der Waals surface area (Å²) in [6.45, 7) is 6.07. The Labute approximate surface area is 149 Å². The van der Waals surface area contributed by atoms with E-state index >= 15 is 0 Å². The molecule has 2 saturated heterocycles. The first kappa shape index (κ1) is 17.6. The van der Waals surface area contributed by atoms with Gasteiger partial charge in [-0.05, 0) is 31.7 Å². The van der Waals surface area contributed by atoms with Crippen LogP contribution in [0.3, 0.4) is 0 Å². The Morgan fingerprint density at radius 2 is 1.84 bits per heavy atom. The van der Waals surface area contributed by atoms with E-state index < -0.39 is 0 Å². The first-order valence-corrected chi connectivity index (χ1v) is 9.20. The summed E-state index contributed by atoms with van der Waals surface area (Å²) in [5.74, 6) is 0. The molecular formula is C19H27N3O3. The lowest BCUT2D eigenvalue weighted by molar-refractivity contribution is 0.0616. The lowest BCUT2D eigenvalue weighted by Gasteiger charge is -2.43. The Bertz CT molecular complexity index is 585. The lowest BCUT2D eigenvalue weighted by atomic mass is 10.0. The molecule has 6 heteroatoms. The largest absolute Gasteiger partial charge is 0.445 e. The molecule has 0 spiro atoms. The van der Waals surface area contributed by atoms with Crippen LogP contribution in [0.5, 0.6) is 0 Å². The zero-order valence-electron chi connectivity index (χ0n) is 14.9. The van der Waals surface area contributed by atoms with Gasteiger partial charge in [0.2, 0.25) is 0 Å². The zero-order chi connectivity index (χ0) is 17.6. The van der Waals surface area contributed by atoms with Gasteiger partial charge in [-0.1, -0.05) is 30.3 Å². The Morgan fingerprint density at radius 1 is 1.12 bits per heavy atom. The maximum atomic E-state index is 12.5. The zero-order valence-corrected chi connectivity index (χ0v) is 14.9. The summed E-state index contributed by atoms with van der Waals surface area (Å²) >= 11 is 0. The fourth-order valence-corrected chi connectivity index (χ4v) is 3.61. The predicted molar refractivity (Wildman–Crippen MR) is 95.2 cm³/mol. The number of nitrogens with zero attached hydrogens (tertiary/aromatic N) is 3. The molecule has 2 aliphatic rings. The van der Waals surface area contributed by atoms with E-state index in [1.807, 2.05) is 47.1 Å². The second kappa shape index (κ2) is 8.23. The number of rotatable bonds is 4. The van der Waals surface area contributed by atoms with Gasteiger partial charge in [-0.15, -0.1) is 0 Å². The van der Waals surface area contributed by atoms with Crippen molar-refractivity contribution in [3.05, 3.63) is 35.9 Å². The molecule has 25 heavy (non-hydrogen) atoms. The van der Waals surface area contributed by atoms with E-state index in [9.17, 15) is 9.59 Å². The molecule has 0 aliphatic carbocycles. The normalized spacial score (nSPS) is 19.2. The fraction of sp³-hybridized carbons (Fsp3) is 0.579. The van der Waals surface area contributed by atoms with Crippen molar-refractivity contribution in [2.45, 2.75) is 38.8 Å². The van der Waals surface area contributed by atoms with Crippen LogP contribution in [0.15, 0.2) is 30.3 Å². The van der Waals surface area contributed by atoms with Crippen molar-refractivity contribution in [2.75, 3.05) is 32.7 Å². The van der Waals surface area contributed by atoms with Gasteiger partial charge in [0.25, 0.3) is 0 Å². The smallest absolute Gasteiger partial charge is 0.410 e. The van der Waals surface area contributed by atoms with E-state index in [1.54, 1.807) is 4.90 Å². The van der Waals surface area contributed by atoms with Gasteiger partial charge in [-0.3, -0.25) is 0 Å². The highest BCUT2D eigenvalue weighted by atomic mass is 16.6. The highest BCUT2D eigenvalue weighted by Crippen LogP contribution is 2.21. The summed E-state index contributed by atoms with van der Waals surface area (Å²) in [6, 6.07) is 10.1. The van der Waals surface area contributed by atoms with Gasteiger partial charge in [-0.25, -0.2) is 9.59 Å². The molecule has 0 saturated carbocycles. The third-order valence-electron chi connectivity index (χ3n) is 5.09. The van der Waals surface area contributed by atoms with E-state index in [1.165, 1.54) is 0 Å². The van der Waals surface area contributed by atoms with Gasteiger partial charge in [0.05, 0.1) is 0 Å². The standard InChI is InChI=1S/C19H27N3O3/c1-2-20-11-6-12-22(18(20)23)17-9-13-21(14-10-17)19(24)25-15-16-7-4-3-5-8-16/h3-5,7-8,17H,2,6,9-15H2,1H3. The van der Waals surface area contributed by atoms with Crippen LogP contribution in [0, 0.1) is 0 Å². The third kappa shape index (κ3) is 4.24. The number of likely N-dealkylation sites (tertiary alicyclic amines) is 1. The molecule has 0 bridgehead atoms. The number of amides is 3. The van der Waals surface area contributed by atoms with E-state index in [2.05, 4.69) is 0 Å². The first-order valence-electron chi connectivity index (χ1n) is 9.20. The molecule has 2 aliphatic heterocycles. The van der Waals surface area contributed by atoms with Crippen LogP contribution in [0.1, 0.15) is 31.7 Å². The van der Waals surface area contributed by atoms with Crippen molar-refractivity contribution < 1.29 is 14.3 Å². The Balaban J connectivity index is 1.46. The number of ether oxygens (including phenoxy) is 1. The number of urea groups is 1. The number of carbonyl (C=O) groups is 2. The number of benzene rings is 1. The molecule has 1 aromatic carbocycles. The molecule has 0 aromatic heterocycles. The van der Waals surface area contributed by atoms with Crippen molar-refractivity contribution in [2.24, 2.45) is 0 Å². The number of carbonyl (C=O) groups excluding carboxylic acids is 2. The highest BCUT2D eigenvalue weighted by molar-refractivity contribution is 5.75. The highest BCUT2D eigenvalue weighted by Gasteiger charge is 2.33. The minimum Gasteiger partial charge on any atom is -0.445 e. The van der Waals surface area contributed by atoms with Gasteiger partial charge >= 0.3 is 12.1 Å². The first-order chi connectivity index (χ1) is 12.2. The average Bonchev–Trinajstić information content (AvgIpc) is 2.67. The molecule has 0 unspecified atom stereocenters. The predicted octanol–water partition coefficient (Wildman–Crippen LogP) is 2.94. The van der Waals surface area contributed by atoms with Gasteiger partial charge < -0.3 is 19.4 Å². The molecule has 2 fully saturated rings. The van der Waals surface area contributed by atoms with Gasteiger partial charge in [0, 0.05) is 38.8 Å². The van der Waals surface area contributed by atoms with Gasteiger partial charge in [0.15, 0.2) is 0 Å². The molecule has 0 radical (unpaired) electrons. The summed E-state index contributed by atoms with van der Waals surface area (Å²) in [5, 5.41) is 0. The van der Waals surface area contributed by atoms with Crippen LogP contribution in [0.4, 0.5) is 9.59 Å². The lowest BCUT2D eigenvalue weighted by Crippen LogP contribution is -2.56. The maximum Gasteiger partial charge on any atom is 0.410 e. The SMILES string of the molecule is CCN1CCCN(C2CCN(C(=O)OCc3ccccc3)CC2)C1=O. The summed E-state index contributed by atoms with van der Waals surface area (Å²) in [5.41, 5.74) is 0.990. The average molecular weight is 345 g/mol. The monoisotopic (exact) mass is 345 g/mol. The molecule has 3 rings (SSSR count). The minimum atomic E-state index is -0.262. The third-order valence-corrected chi connectivity index (χ3v) is 5.09. The van der Waals surface area contributed by atoms with Crippen molar-refractivity contribution in [3.63, 3.8) is 0 Å². The van der Waals surface area contributed by atoms with Crippen LogP contribution < -0.4 is 0 Å². The molecule has 0 N–H and O–H groups in total. The molecule has 3 amide bonds. The molecule has 1 aromatic rings. The van der Waals surface area contributed by atoms with E-state index in [4.69, 9.17) is 4.74 Å². The summed E-state index contributed by atoms with van der Waals surface area (Å²) in [6.07, 6.45) is 2.41. The van der Waals surface area contributed by atoms with E-state index in [-0.39, 0.29) is 18.2 Å². The van der Waals surface area contributed by atoms with Crippen LogP contribution in [-0.4, -0.2) is 65.6 Å². The van der Waals surface area contributed by atoms with Gasteiger partial charge in [-0.2, -0.15) is 0 Å². The minimum absolute atomic E-state index is 0.152. The Hall–Kier alpha value is -2.24. The summed E-state index contributed by atoms with van der Waals surface area (Å²) in [7, 11) is 0. The Kier molecular flexibility index (Phi) is 5.79. The van der Waals surface area contributed by atoms with Crippen LogP contribution in [0.25, 0.3) is 0 Å². The molecule has 136 valence electrons. The summed E-state index contributed by atoms with van der Waals surface area (Å²) in [4.78, 5) is 30.4. The fourth-order valence-electron chi connectivity index (χ4n) is 3.61. The number of hydrogen-bond donors (Lipinski definition) is 0. The molecular weight excluding hydrogens is 318 g/mol. The van der Waals surface area contributed by atoms with Gasteiger partial charge in [0.1, 0.15) is 6.61 Å². The van der Waals surface area contributed by atoms with Crippen molar-refractivity contribution in [1.29, 1.82) is 0 Å². The van der Waals surface area contributed by atoms with Crippen molar-refractivity contribution in [1.82, 2.24) is 14.7 Å². The summed E-state index contributed by atoms with van der Waals surface area (Å²) < 4.78 is 5.40. The van der Waals surface area contributed by atoms with Crippen molar-refractivity contribution in [3.8, 4) is 0 Å². The van der Waals surface area contributed by atoms with Crippen LogP contribution in [-0.2, 0) is 11.3 Å². The second-order valence-electron chi connectivity index (χ2n) is 6.67. The van der Waals surface area contributed by atoms with Crippen LogP contribution >= 0.6 is 0 Å². The van der Waals surface area contributed by atoms with Crippen LogP contribution in [0.2, 0.25) is 0 Å². The number of hydrogen-bond acceptors (Lipinski definition) is 3. The second-order valence-corrected chi connectivity index (χ2v) is 6.67. The number of piperidine rings is 1. The molecule has 2 heterocycles. The maximum absolute atomic E-state index is 12.5. The van der Waals surface area contributed by atoms with Crippen molar-refractivity contribution >= 4 is 12.1 Å². The van der Waals surface area contributed by atoms with E-state index in [0.29, 0.717) is 19.7 Å². The van der Waals surface area contributed by atoms with E-state index in [0.717, 1.165) is 44.5 Å².